The van der Waals surface area contributed by atoms with Gasteiger partial charge in [-0.15, -0.1) is 0 Å². The summed E-state index contributed by atoms with van der Waals surface area (Å²) >= 11 is 0. The zero-order chi connectivity index (χ0) is 31.2. The number of amides is 3. The number of hydrogen-bond donors (Lipinski definition) is 0. The Morgan fingerprint density at radius 3 is 2.09 bits per heavy atom. The van der Waals surface area contributed by atoms with Crippen LogP contribution in [-0.4, -0.2) is 114 Å². The zero-order valence-electron chi connectivity index (χ0n) is 26.3. The monoisotopic (exact) mass is 607 g/mol. The molecule has 4 heterocycles. The molecule has 11 heteroatoms. The fourth-order valence-electron chi connectivity index (χ4n) is 6.27. The van der Waals surface area contributed by atoms with Crippen LogP contribution >= 0.6 is 0 Å². The number of nitrogens with zero attached hydrogens (tertiary/aromatic N) is 5. The topological polar surface area (TPSA) is 105 Å². The molecule has 11 nitrogen and oxygen atoms in total. The van der Waals surface area contributed by atoms with Crippen LogP contribution in [0, 0.1) is 0 Å². The van der Waals surface area contributed by atoms with Gasteiger partial charge in [0.1, 0.15) is 18.8 Å². The molecule has 1 aromatic carbocycles. The third kappa shape index (κ3) is 7.87. The second-order valence-electron chi connectivity index (χ2n) is 12.2. The molecule has 238 valence electrons. The SMILES string of the molecule is CC1CN(C(=O)CN2CCCCCOc3ccccc3N(CC(=O)N3CC(C)OC(C)C3)c3cncc(c3)C2=O)CC(C)O1. The number of aromatic nitrogens is 1. The van der Waals surface area contributed by atoms with E-state index in [1.54, 1.807) is 22.1 Å². The lowest BCUT2D eigenvalue weighted by molar-refractivity contribution is -0.143. The van der Waals surface area contributed by atoms with Crippen LogP contribution in [0.5, 0.6) is 5.75 Å². The number of hydrogen-bond acceptors (Lipinski definition) is 8. The zero-order valence-corrected chi connectivity index (χ0v) is 26.3. The molecule has 0 radical (unpaired) electrons. The number of anilines is 2. The Kier molecular flexibility index (Phi) is 10.4. The van der Waals surface area contributed by atoms with E-state index in [2.05, 4.69) is 4.98 Å². The van der Waals surface area contributed by atoms with E-state index >= 15 is 0 Å². The minimum Gasteiger partial charge on any atom is -0.491 e. The first-order valence-corrected chi connectivity index (χ1v) is 15.8. The Morgan fingerprint density at radius 1 is 0.818 bits per heavy atom. The number of carbonyl (C=O) groups excluding carboxylic acids is 3. The van der Waals surface area contributed by atoms with Gasteiger partial charge in [-0.1, -0.05) is 12.1 Å². The van der Waals surface area contributed by atoms with E-state index in [1.165, 1.54) is 6.20 Å². The van der Waals surface area contributed by atoms with E-state index in [4.69, 9.17) is 14.2 Å². The molecule has 2 aromatic rings. The van der Waals surface area contributed by atoms with Gasteiger partial charge in [0.15, 0.2) is 0 Å². The maximum atomic E-state index is 14.0. The summed E-state index contributed by atoms with van der Waals surface area (Å²) in [7, 11) is 0. The molecule has 5 rings (SSSR count). The summed E-state index contributed by atoms with van der Waals surface area (Å²) < 4.78 is 17.9. The molecule has 2 fully saturated rings. The minimum absolute atomic E-state index is 0.0164. The molecule has 3 aliphatic heterocycles. The molecule has 2 saturated heterocycles. The van der Waals surface area contributed by atoms with Gasteiger partial charge in [0.05, 0.1) is 54.2 Å². The first-order chi connectivity index (χ1) is 21.2. The summed E-state index contributed by atoms with van der Waals surface area (Å²) in [6.45, 7) is 10.8. The van der Waals surface area contributed by atoms with Crippen LogP contribution in [0.1, 0.15) is 57.3 Å². The molecule has 4 atom stereocenters. The van der Waals surface area contributed by atoms with E-state index in [1.807, 2.05) is 61.8 Å². The number of carbonyl (C=O) groups is 3. The van der Waals surface area contributed by atoms with E-state index in [9.17, 15) is 14.4 Å². The average Bonchev–Trinajstić information content (AvgIpc) is 2.99. The highest BCUT2D eigenvalue weighted by atomic mass is 16.5. The van der Waals surface area contributed by atoms with Gasteiger partial charge in [-0.3, -0.25) is 19.4 Å². The summed E-state index contributed by atoms with van der Waals surface area (Å²) in [5.41, 5.74) is 1.68. The molecule has 2 bridgehead atoms. The van der Waals surface area contributed by atoms with Gasteiger partial charge < -0.3 is 33.8 Å². The van der Waals surface area contributed by atoms with Crippen LogP contribution in [0.15, 0.2) is 42.7 Å². The molecule has 0 aliphatic carbocycles. The largest absolute Gasteiger partial charge is 0.491 e. The Labute approximate surface area is 260 Å². The maximum Gasteiger partial charge on any atom is 0.255 e. The number of morpholine rings is 2. The lowest BCUT2D eigenvalue weighted by Crippen LogP contribution is -2.51. The van der Waals surface area contributed by atoms with Gasteiger partial charge >= 0.3 is 0 Å². The summed E-state index contributed by atoms with van der Waals surface area (Å²) in [6.07, 6.45) is 5.32. The molecule has 3 amide bonds. The second-order valence-corrected chi connectivity index (χ2v) is 12.2. The van der Waals surface area contributed by atoms with Crippen LogP contribution in [0.4, 0.5) is 11.4 Å². The Bertz CT molecular complexity index is 1300. The predicted octanol–water partition coefficient (Wildman–Crippen LogP) is 3.50. The highest BCUT2D eigenvalue weighted by Crippen LogP contribution is 2.34. The van der Waals surface area contributed by atoms with Crippen molar-refractivity contribution in [3.05, 3.63) is 48.3 Å². The van der Waals surface area contributed by atoms with Gasteiger partial charge in [0.2, 0.25) is 11.8 Å². The molecule has 0 spiro atoms. The fraction of sp³-hybridized carbons (Fsp3) is 0.576. The standard InChI is InChI=1S/C33H45N5O6/c1-23-17-36(18-24(2)43-23)31(39)21-35-12-8-5-9-13-42-30-11-7-6-10-29(30)38(28-14-27(33(35)41)15-34-16-28)22-32(40)37-19-25(3)44-26(4)20-37/h6-7,10-11,14-16,23-26H,5,8-9,12-13,17-22H2,1-4H3. The van der Waals surface area contributed by atoms with Crippen molar-refractivity contribution in [2.45, 2.75) is 71.4 Å². The first-order valence-electron chi connectivity index (χ1n) is 15.8. The summed E-state index contributed by atoms with van der Waals surface area (Å²) in [6, 6.07) is 9.40. The second kappa shape index (κ2) is 14.4. The van der Waals surface area contributed by atoms with Crippen molar-refractivity contribution >= 4 is 29.1 Å². The van der Waals surface area contributed by atoms with Gasteiger partial charge in [-0.05, 0) is 65.2 Å². The van der Waals surface area contributed by atoms with E-state index in [0.717, 1.165) is 24.9 Å². The van der Waals surface area contributed by atoms with Crippen LogP contribution < -0.4 is 9.64 Å². The maximum absolute atomic E-state index is 14.0. The van der Waals surface area contributed by atoms with Crippen molar-refractivity contribution < 1.29 is 28.6 Å². The molecule has 0 N–H and O–H groups in total. The summed E-state index contributed by atoms with van der Waals surface area (Å²) in [5.74, 6) is 0.259. The third-order valence-corrected chi connectivity index (χ3v) is 8.22. The van der Waals surface area contributed by atoms with Crippen molar-refractivity contribution in [1.82, 2.24) is 19.7 Å². The lowest BCUT2D eigenvalue weighted by Gasteiger charge is -2.37. The van der Waals surface area contributed by atoms with E-state index < -0.39 is 0 Å². The molecule has 0 saturated carbocycles. The number of para-hydroxylation sites is 2. The van der Waals surface area contributed by atoms with Crippen molar-refractivity contribution in [3.63, 3.8) is 0 Å². The first kappa shape index (κ1) is 31.7. The number of fused-ring (bicyclic) bond motifs is 3. The van der Waals surface area contributed by atoms with E-state index in [-0.39, 0.29) is 55.2 Å². The third-order valence-electron chi connectivity index (χ3n) is 8.22. The molecule has 1 aromatic heterocycles. The molecule has 3 aliphatic rings. The van der Waals surface area contributed by atoms with Crippen molar-refractivity contribution in [2.75, 3.05) is 57.3 Å². The Balaban J connectivity index is 1.45. The summed E-state index contributed by atoms with van der Waals surface area (Å²) in [4.78, 5) is 52.6. The van der Waals surface area contributed by atoms with E-state index in [0.29, 0.717) is 56.3 Å². The number of pyridine rings is 1. The quantitative estimate of drug-likeness (QED) is 0.521. The highest BCUT2D eigenvalue weighted by molar-refractivity contribution is 5.97. The van der Waals surface area contributed by atoms with Crippen LogP contribution in [0.3, 0.4) is 0 Å². The Hall–Kier alpha value is -3.70. The van der Waals surface area contributed by atoms with Crippen molar-refractivity contribution in [1.29, 1.82) is 0 Å². The number of benzene rings is 1. The van der Waals surface area contributed by atoms with Gasteiger partial charge in [-0.25, -0.2) is 0 Å². The highest BCUT2D eigenvalue weighted by Gasteiger charge is 2.31. The Morgan fingerprint density at radius 2 is 1.43 bits per heavy atom. The molecular formula is C33H45N5O6. The lowest BCUT2D eigenvalue weighted by atomic mass is 10.1. The van der Waals surface area contributed by atoms with Gasteiger partial charge in [0.25, 0.3) is 5.91 Å². The van der Waals surface area contributed by atoms with Crippen LogP contribution in [-0.2, 0) is 19.1 Å². The average molecular weight is 608 g/mol. The minimum atomic E-state index is -0.259. The van der Waals surface area contributed by atoms with Crippen LogP contribution in [0.25, 0.3) is 0 Å². The van der Waals surface area contributed by atoms with Gasteiger partial charge in [0, 0.05) is 38.9 Å². The fourth-order valence-corrected chi connectivity index (χ4v) is 6.27. The van der Waals surface area contributed by atoms with Crippen molar-refractivity contribution in [2.24, 2.45) is 0 Å². The summed E-state index contributed by atoms with van der Waals surface area (Å²) in [5, 5.41) is 0. The molecule has 4 unspecified atom stereocenters. The molecular weight excluding hydrogens is 562 g/mol. The number of rotatable bonds is 4. The predicted molar refractivity (Wildman–Crippen MR) is 166 cm³/mol. The van der Waals surface area contributed by atoms with Crippen molar-refractivity contribution in [3.8, 4) is 5.75 Å². The van der Waals surface area contributed by atoms with Crippen LogP contribution in [0.2, 0.25) is 0 Å². The molecule has 44 heavy (non-hydrogen) atoms. The normalized spacial score (nSPS) is 25.1. The smallest absolute Gasteiger partial charge is 0.255 e. The number of ether oxygens (including phenoxy) is 3. The van der Waals surface area contributed by atoms with Gasteiger partial charge in [-0.2, -0.15) is 0 Å².